The number of anilines is 1. The number of hydrogen-bond donors (Lipinski definition) is 1. The van der Waals surface area contributed by atoms with Crippen molar-refractivity contribution in [3.63, 3.8) is 0 Å². The van der Waals surface area contributed by atoms with Gasteiger partial charge in [0.1, 0.15) is 6.04 Å². The summed E-state index contributed by atoms with van der Waals surface area (Å²) in [5.74, 6) is -1.12. The molecule has 3 aliphatic carbocycles. The highest BCUT2D eigenvalue weighted by Gasteiger charge is 2.58. The van der Waals surface area contributed by atoms with E-state index >= 15 is 0 Å². The van der Waals surface area contributed by atoms with Gasteiger partial charge in [0, 0.05) is 12.1 Å². The van der Waals surface area contributed by atoms with Crippen molar-refractivity contribution in [3.8, 4) is 0 Å². The molecule has 2 aromatic rings. The van der Waals surface area contributed by atoms with Crippen LogP contribution in [0, 0.1) is 23.7 Å². The number of benzene rings is 2. The van der Waals surface area contributed by atoms with E-state index in [4.69, 9.17) is 0 Å². The summed E-state index contributed by atoms with van der Waals surface area (Å²) in [5.41, 5.74) is 1.57. The minimum absolute atomic E-state index is 0.107. The number of para-hydroxylation sites is 1. The first-order chi connectivity index (χ1) is 14.6. The van der Waals surface area contributed by atoms with Crippen LogP contribution in [0.15, 0.2) is 72.8 Å². The number of rotatable bonds is 5. The quantitative estimate of drug-likeness (QED) is 0.618. The fourth-order valence-electron chi connectivity index (χ4n) is 5.29. The van der Waals surface area contributed by atoms with E-state index < -0.39 is 6.04 Å². The van der Waals surface area contributed by atoms with E-state index in [-0.39, 0.29) is 41.4 Å². The van der Waals surface area contributed by atoms with Crippen molar-refractivity contribution in [1.82, 2.24) is 4.90 Å². The van der Waals surface area contributed by atoms with Gasteiger partial charge >= 0.3 is 0 Å². The Labute approximate surface area is 175 Å². The zero-order valence-corrected chi connectivity index (χ0v) is 16.6. The minimum Gasteiger partial charge on any atom is -0.324 e. The van der Waals surface area contributed by atoms with Crippen LogP contribution in [0.4, 0.5) is 5.69 Å². The van der Waals surface area contributed by atoms with E-state index in [2.05, 4.69) is 17.5 Å². The van der Waals surface area contributed by atoms with E-state index in [1.54, 1.807) is 12.1 Å². The Hall–Kier alpha value is -3.21. The van der Waals surface area contributed by atoms with Gasteiger partial charge in [-0.3, -0.25) is 19.3 Å². The maximum Gasteiger partial charge on any atom is 0.248 e. The van der Waals surface area contributed by atoms with Gasteiger partial charge in [0.2, 0.25) is 17.7 Å². The van der Waals surface area contributed by atoms with Crippen LogP contribution in [0.3, 0.4) is 0 Å². The van der Waals surface area contributed by atoms with Gasteiger partial charge in [-0.05, 0) is 42.4 Å². The van der Waals surface area contributed by atoms with Gasteiger partial charge in [0.25, 0.3) is 0 Å². The Morgan fingerprint density at radius 1 is 0.867 bits per heavy atom. The van der Waals surface area contributed by atoms with Crippen molar-refractivity contribution in [2.45, 2.75) is 25.3 Å². The molecule has 1 aliphatic heterocycles. The molecule has 1 N–H and O–H groups in total. The molecule has 5 heteroatoms. The maximum atomic E-state index is 13.4. The van der Waals surface area contributed by atoms with Crippen molar-refractivity contribution < 1.29 is 14.4 Å². The van der Waals surface area contributed by atoms with Crippen molar-refractivity contribution in [1.29, 1.82) is 0 Å². The molecule has 3 amide bonds. The maximum absolute atomic E-state index is 13.4. The number of imide groups is 1. The van der Waals surface area contributed by atoms with Gasteiger partial charge in [-0.25, -0.2) is 0 Å². The summed E-state index contributed by atoms with van der Waals surface area (Å²) in [6, 6.07) is 17.8. The molecule has 2 aromatic carbocycles. The summed E-state index contributed by atoms with van der Waals surface area (Å²) >= 11 is 0. The lowest BCUT2D eigenvalue weighted by Gasteiger charge is -2.38. The number of hydrogen-bond acceptors (Lipinski definition) is 3. The van der Waals surface area contributed by atoms with Crippen molar-refractivity contribution in [2.75, 3.05) is 5.32 Å². The van der Waals surface area contributed by atoms with Crippen LogP contribution in [0.2, 0.25) is 0 Å². The van der Waals surface area contributed by atoms with Gasteiger partial charge in [0.05, 0.1) is 11.8 Å². The average molecular weight is 400 g/mol. The number of nitrogens with one attached hydrogen (secondary N) is 1. The molecule has 30 heavy (non-hydrogen) atoms. The molecule has 0 aromatic heterocycles. The van der Waals surface area contributed by atoms with Crippen LogP contribution in [0.1, 0.15) is 18.4 Å². The predicted octanol–water partition coefficient (Wildman–Crippen LogP) is 3.43. The van der Waals surface area contributed by atoms with Crippen LogP contribution in [-0.4, -0.2) is 28.7 Å². The number of nitrogens with zero attached hydrogens (tertiary/aromatic N) is 1. The zero-order valence-electron chi connectivity index (χ0n) is 16.6. The monoisotopic (exact) mass is 400 g/mol. The average Bonchev–Trinajstić information content (AvgIpc) is 3.07. The molecular weight excluding hydrogens is 376 g/mol. The molecule has 0 spiro atoms. The second kappa shape index (κ2) is 7.56. The second-order valence-electron chi connectivity index (χ2n) is 8.45. The van der Waals surface area contributed by atoms with Crippen molar-refractivity contribution in [3.05, 3.63) is 78.4 Å². The standard InChI is InChI=1S/C25H24N2O3/c28-23(26-19-9-5-2-6-10-19)20(15-16-7-3-1-4-8-16)27-24(29)21-17-11-12-18(14-13-17)22(21)25(27)30/h1-12,17-18,20-22H,13-15H2,(H,26,28)/t17-,18-,20+,21-,22+/m0/s1. The lowest BCUT2D eigenvalue weighted by atomic mass is 9.63. The topological polar surface area (TPSA) is 66.5 Å². The van der Waals surface area contributed by atoms with Crippen molar-refractivity contribution >= 4 is 23.4 Å². The van der Waals surface area contributed by atoms with Gasteiger partial charge in [-0.15, -0.1) is 0 Å². The number of fused-ring (bicyclic) bond motifs is 1. The van der Waals surface area contributed by atoms with E-state index in [0.29, 0.717) is 12.1 Å². The normalized spacial score (nSPS) is 27.8. The Balaban J connectivity index is 1.47. The first-order valence-electron chi connectivity index (χ1n) is 10.6. The van der Waals surface area contributed by atoms with Gasteiger partial charge < -0.3 is 5.32 Å². The second-order valence-corrected chi connectivity index (χ2v) is 8.45. The molecule has 0 unspecified atom stereocenters. The molecule has 4 aliphatic rings. The molecule has 1 saturated carbocycles. The fraction of sp³-hybridized carbons (Fsp3) is 0.320. The highest BCUT2D eigenvalue weighted by atomic mass is 16.2. The summed E-state index contributed by atoms with van der Waals surface area (Å²) < 4.78 is 0. The zero-order chi connectivity index (χ0) is 20.7. The fourth-order valence-corrected chi connectivity index (χ4v) is 5.29. The van der Waals surface area contributed by atoms with Crippen LogP contribution in [0.5, 0.6) is 0 Å². The molecule has 1 saturated heterocycles. The van der Waals surface area contributed by atoms with E-state index in [1.165, 1.54) is 4.90 Å². The third-order valence-electron chi connectivity index (χ3n) is 6.72. The smallest absolute Gasteiger partial charge is 0.248 e. The Kier molecular flexibility index (Phi) is 4.74. The van der Waals surface area contributed by atoms with E-state index in [9.17, 15) is 14.4 Å². The largest absolute Gasteiger partial charge is 0.324 e. The third-order valence-corrected chi connectivity index (χ3v) is 6.72. The Bertz CT molecular complexity index is 970. The van der Waals surface area contributed by atoms with Crippen LogP contribution >= 0.6 is 0 Å². The Morgan fingerprint density at radius 2 is 1.40 bits per heavy atom. The Morgan fingerprint density at radius 3 is 1.93 bits per heavy atom. The predicted molar refractivity (Wildman–Crippen MR) is 113 cm³/mol. The summed E-state index contributed by atoms with van der Waals surface area (Å²) in [5, 5.41) is 2.90. The van der Waals surface area contributed by atoms with Crippen LogP contribution in [0.25, 0.3) is 0 Å². The lowest BCUT2D eigenvalue weighted by Crippen LogP contribution is -2.49. The molecule has 6 rings (SSSR count). The number of carbonyl (C=O) groups is 3. The van der Waals surface area contributed by atoms with E-state index in [0.717, 1.165) is 18.4 Å². The molecule has 0 radical (unpaired) electrons. The SMILES string of the molecule is O=C(Nc1ccccc1)[C@@H](Cc1ccccc1)N1C(=O)[C@@H]2[C@H](C1=O)[C@H]1C=C[C@H]2CC1. The first kappa shape index (κ1) is 18.8. The number of carbonyl (C=O) groups excluding carboxylic acids is 3. The van der Waals surface area contributed by atoms with Crippen LogP contribution in [-0.2, 0) is 20.8 Å². The molecule has 2 fully saturated rings. The molecule has 1 heterocycles. The molecule has 5 atom stereocenters. The highest BCUT2D eigenvalue weighted by molar-refractivity contribution is 6.10. The van der Waals surface area contributed by atoms with Crippen molar-refractivity contribution in [2.24, 2.45) is 23.7 Å². The van der Waals surface area contributed by atoms with Gasteiger partial charge in [0.15, 0.2) is 0 Å². The van der Waals surface area contributed by atoms with Gasteiger partial charge in [-0.2, -0.15) is 0 Å². The molecule has 5 nitrogen and oxygen atoms in total. The first-order valence-corrected chi connectivity index (χ1v) is 10.6. The summed E-state index contributed by atoms with van der Waals surface area (Å²) in [4.78, 5) is 41.4. The summed E-state index contributed by atoms with van der Waals surface area (Å²) in [6.45, 7) is 0. The summed E-state index contributed by atoms with van der Waals surface area (Å²) in [7, 11) is 0. The van der Waals surface area contributed by atoms with Crippen LogP contribution < -0.4 is 5.32 Å². The molecular formula is C25H24N2O3. The number of likely N-dealkylation sites (tertiary alicyclic amines) is 1. The molecule has 2 bridgehead atoms. The van der Waals surface area contributed by atoms with E-state index in [1.807, 2.05) is 48.5 Å². The molecule has 152 valence electrons. The highest BCUT2D eigenvalue weighted by Crippen LogP contribution is 2.50. The lowest BCUT2D eigenvalue weighted by molar-refractivity contribution is -0.146. The third kappa shape index (κ3) is 3.15. The number of allylic oxidation sites excluding steroid dienone is 2. The van der Waals surface area contributed by atoms with Gasteiger partial charge in [-0.1, -0.05) is 60.7 Å². The minimum atomic E-state index is -0.863. The number of amides is 3. The summed E-state index contributed by atoms with van der Waals surface area (Å²) in [6.07, 6.45) is 6.38.